The SMILES string of the molecule is COc1nn(C)cc1C(=O)NCc1ccc(C(O)c2ccccc2)s1. The van der Waals surface area contributed by atoms with Gasteiger partial charge in [-0.25, -0.2) is 0 Å². The Balaban J connectivity index is 1.65. The Bertz CT molecular complexity index is 858. The molecule has 0 fully saturated rings. The number of hydrogen-bond acceptors (Lipinski definition) is 5. The van der Waals surface area contributed by atoms with E-state index >= 15 is 0 Å². The first-order chi connectivity index (χ1) is 12.1. The third-order valence-electron chi connectivity index (χ3n) is 3.72. The standard InChI is InChI=1S/C18H19N3O3S/c1-21-11-14(18(20-21)24-2)17(23)19-10-13-8-9-15(25-13)16(22)12-6-4-3-5-7-12/h3-9,11,16,22H,10H2,1-2H3,(H,19,23). The normalized spacial score (nSPS) is 12.0. The van der Waals surface area contributed by atoms with Crippen molar-refractivity contribution in [1.82, 2.24) is 15.1 Å². The molecule has 130 valence electrons. The van der Waals surface area contributed by atoms with Crippen LogP contribution in [0.1, 0.15) is 31.8 Å². The molecule has 0 aliphatic carbocycles. The molecule has 3 rings (SSSR count). The number of nitrogens with one attached hydrogen (secondary N) is 1. The van der Waals surface area contributed by atoms with Crippen molar-refractivity contribution in [2.24, 2.45) is 7.05 Å². The fourth-order valence-electron chi connectivity index (χ4n) is 2.47. The van der Waals surface area contributed by atoms with Gasteiger partial charge in [-0.3, -0.25) is 9.48 Å². The summed E-state index contributed by atoms with van der Waals surface area (Å²) in [5.41, 5.74) is 1.24. The Hall–Kier alpha value is -2.64. The Labute approximate surface area is 149 Å². The highest BCUT2D eigenvalue weighted by Gasteiger charge is 2.17. The van der Waals surface area contributed by atoms with E-state index in [1.165, 1.54) is 23.1 Å². The summed E-state index contributed by atoms with van der Waals surface area (Å²) >= 11 is 1.47. The van der Waals surface area contributed by atoms with Gasteiger partial charge < -0.3 is 15.2 Å². The molecule has 0 spiro atoms. The summed E-state index contributed by atoms with van der Waals surface area (Å²) in [6.45, 7) is 0.378. The molecular formula is C18H19N3O3S. The van der Waals surface area contributed by atoms with Gasteiger partial charge in [-0.1, -0.05) is 30.3 Å². The van der Waals surface area contributed by atoms with Crippen molar-refractivity contribution in [3.05, 3.63) is 69.5 Å². The van der Waals surface area contributed by atoms with E-state index in [0.29, 0.717) is 18.0 Å². The molecule has 0 bridgehead atoms. The van der Waals surface area contributed by atoms with Crippen molar-refractivity contribution in [2.75, 3.05) is 7.11 Å². The molecule has 2 aromatic heterocycles. The lowest BCUT2D eigenvalue weighted by atomic mass is 10.1. The van der Waals surface area contributed by atoms with E-state index in [4.69, 9.17) is 4.74 Å². The van der Waals surface area contributed by atoms with Crippen LogP contribution in [0.25, 0.3) is 0 Å². The molecule has 2 heterocycles. The zero-order chi connectivity index (χ0) is 17.8. The molecule has 6 nitrogen and oxygen atoms in total. The second kappa shape index (κ2) is 7.50. The summed E-state index contributed by atoms with van der Waals surface area (Å²) in [7, 11) is 3.21. The molecule has 3 aromatic rings. The fourth-order valence-corrected chi connectivity index (χ4v) is 3.44. The predicted molar refractivity (Wildman–Crippen MR) is 95.8 cm³/mol. The Morgan fingerprint density at radius 2 is 2.08 bits per heavy atom. The van der Waals surface area contributed by atoms with Gasteiger partial charge in [-0.2, -0.15) is 0 Å². The minimum absolute atomic E-state index is 0.247. The van der Waals surface area contributed by atoms with E-state index in [-0.39, 0.29) is 5.91 Å². The third-order valence-corrected chi connectivity index (χ3v) is 4.86. The zero-order valence-electron chi connectivity index (χ0n) is 14.0. The second-order valence-electron chi connectivity index (χ2n) is 5.53. The number of nitrogens with zero attached hydrogens (tertiary/aromatic N) is 2. The number of aliphatic hydroxyl groups is 1. The number of hydrogen-bond donors (Lipinski definition) is 2. The minimum atomic E-state index is -0.658. The monoisotopic (exact) mass is 357 g/mol. The number of amides is 1. The number of methoxy groups -OCH3 is 1. The number of aromatic nitrogens is 2. The lowest BCUT2D eigenvalue weighted by Crippen LogP contribution is -2.22. The summed E-state index contributed by atoms with van der Waals surface area (Å²) in [6, 6.07) is 13.3. The number of aliphatic hydroxyl groups excluding tert-OH is 1. The van der Waals surface area contributed by atoms with E-state index in [2.05, 4.69) is 10.4 Å². The van der Waals surface area contributed by atoms with Crippen molar-refractivity contribution in [3.63, 3.8) is 0 Å². The average Bonchev–Trinajstić information content (AvgIpc) is 3.26. The van der Waals surface area contributed by atoms with Crippen molar-refractivity contribution >= 4 is 17.2 Å². The van der Waals surface area contributed by atoms with Crippen molar-refractivity contribution in [3.8, 4) is 5.88 Å². The molecule has 0 aliphatic heterocycles. The Kier molecular flexibility index (Phi) is 5.16. The number of thiophene rings is 1. The van der Waals surface area contributed by atoms with Gasteiger partial charge >= 0.3 is 0 Å². The number of carbonyl (C=O) groups is 1. The topological polar surface area (TPSA) is 76.4 Å². The summed E-state index contributed by atoms with van der Waals surface area (Å²) in [4.78, 5) is 14.1. The molecule has 25 heavy (non-hydrogen) atoms. The highest BCUT2D eigenvalue weighted by molar-refractivity contribution is 7.12. The van der Waals surface area contributed by atoms with Crippen molar-refractivity contribution in [2.45, 2.75) is 12.6 Å². The molecule has 1 unspecified atom stereocenters. The molecule has 1 atom stereocenters. The average molecular weight is 357 g/mol. The van der Waals surface area contributed by atoms with Crippen LogP contribution in [-0.2, 0) is 13.6 Å². The van der Waals surface area contributed by atoms with E-state index in [9.17, 15) is 9.90 Å². The molecule has 1 amide bonds. The van der Waals surface area contributed by atoms with Gasteiger partial charge in [0.25, 0.3) is 5.91 Å². The minimum Gasteiger partial charge on any atom is -0.479 e. The van der Waals surface area contributed by atoms with Crippen molar-refractivity contribution < 1.29 is 14.6 Å². The maximum Gasteiger partial charge on any atom is 0.258 e. The quantitative estimate of drug-likeness (QED) is 0.711. The fraction of sp³-hybridized carbons (Fsp3) is 0.222. The second-order valence-corrected chi connectivity index (χ2v) is 6.73. The molecule has 2 N–H and O–H groups in total. The zero-order valence-corrected chi connectivity index (χ0v) is 14.8. The number of aryl methyl sites for hydroxylation is 1. The van der Waals surface area contributed by atoms with Crippen LogP contribution in [0.3, 0.4) is 0 Å². The van der Waals surface area contributed by atoms with Crippen LogP contribution in [0.2, 0.25) is 0 Å². The number of benzene rings is 1. The van der Waals surface area contributed by atoms with Crippen LogP contribution in [0, 0.1) is 0 Å². The molecular weight excluding hydrogens is 338 g/mol. The Morgan fingerprint density at radius 1 is 1.32 bits per heavy atom. The largest absolute Gasteiger partial charge is 0.479 e. The molecule has 7 heteroatoms. The van der Waals surface area contributed by atoms with Crippen LogP contribution in [-0.4, -0.2) is 27.9 Å². The van der Waals surface area contributed by atoms with Gasteiger partial charge in [0, 0.05) is 23.0 Å². The molecule has 0 radical (unpaired) electrons. The first-order valence-electron chi connectivity index (χ1n) is 7.76. The van der Waals surface area contributed by atoms with Crippen molar-refractivity contribution in [1.29, 1.82) is 0 Å². The summed E-state index contributed by atoms with van der Waals surface area (Å²) in [5.74, 6) is 0.0508. The smallest absolute Gasteiger partial charge is 0.258 e. The van der Waals surface area contributed by atoms with Gasteiger partial charge in [0.15, 0.2) is 0 Å². The summed E-state index contributed by atoms with van der Waals surface area (Å²) in [5, 5.41) is 17.3. The highest BCUT2D eigenvalue weighted by atomic mass is 32.1. The first-order valence-corrected chi connectivity index (χ1v) is 8.57. The molecule has 0 saturated carbocycles. The Morgan fingerprint density at radius 3 is 2.80 bits per heavy atom. The lowest BCUT2D eigenvalue weighted by Gasteiger charge is -2.08. The number of rotatable bonds is 6. The van der Waals surface area contributed by atoms with Gasteiger partial charge in [0.2, 0.25) is 5.88 Å². The van der Waals surface area contributed by atoms with Gasteiger partial charge in [-0.05, 0) is 17.7 Å². The lowest BCUT2D eigenvalue weighted by molar-refractivity contribution is 0.0948. The first kappa shape index (κ1) is 17.2. The molecule has 0 aliphatic rings. The van der Waals surface area contributed by atoms with E-state index in [1.54, 1.807) is 13.2 Å². The molecule has 1 aromatic carbocycles. The van der Waals surface area contributed by atoms with Crippen LogP contribution < -0.4 is 10.1 Å². The predicted octanol–water partition coefficient (Wildman–Crippen LogP) is 2.50. The summed E-state index contributed by atoms with van der Waals surface area (Å²) < 4.78 is 6.64. The van der Waals surface area contributed by atoms with E-state index < -0.39 is 6.10 Å². The number of ether oxygens (including phenoxy) is 1. The van der Waals surface area contributed by atoms with Crippen LogP contribution in [0.5, 0.6) is 5.88 Å². The van der Waals surface area contributed by atoms with Crippen LogP contribution >= 0.6 is 11.3 Å². The molecule has 0 saturated heterocycles. The van der Waals surface area contributed by atoms with Crippen LogP contribution in [0.15, 0.2) is 48.7 Å². The maximum atomic E-state index is 12.3. The summed E-state index contributed by atoms with van der Waals surface area (Å²) in [6.07, 6.45) is 0.960. The number of carbonyl (C=O) groups excluding carboxylic acids is 1. The van der Waals surface area contributed by atoms with E-state index in [0.717, 1.165) is 15.3 Å². The van der Waals surface area contributed by atoms with Gasteiger partial charge in [0.05, 0.1) is 13.7 Å². The maximum absolute atomic E-state index is 12.3. The third kappa shape index (κ3) is 3.89. The van der Waals surface area contributed by atoms with Gasteiger partial charge in [0.1, 0.15) is 11.7 Å². The highest BCUT2D eigenvalue weighted by Crippen LogP contribution is 2.28. The van der Waals surface area contributed by atoms with E-state index in [1.807, 2.05) is 42.5 Å². The van der Waals surface area contributed by atoms with Crippen LogP contribution in [0.4, 0.5) is 0 Å². The van der Waals surface area contributed by atoms with Gasteiger partial charge in [-0.15, -0.1) is 16.4 Å².